The maximum Gasteiger partial charge on any atom is 0.409 e. The minimum absolute atomic E-state index is 0.0457. The summed E-state index contributed by atoms with van der Waals surface area (Å²) in [5, 5.41) is 29.6. The molecule has 1 fully saturated rings. The Morgan fingerprint density at radius 1 is 0.807 bits per heavy atom. The molecule has 0 aromatic heterocycles. The largest absolute Gasteiger partial charge is 0.496 e. The van der Waals surface area contributed by atoms with Crippen molar-refractivity contribution in [2.24, 2.45) is 0 Å². The number of aliphatic hydroxyl groups excluding tert-OH is 1. The molecule has 3 N–H and O–H groups in total. The van der Waals surface area contributed by atoms with Gasteiger partial charge in [-0.25, -0.2) is 4.79 Å². The number of nitrogens with zero attached hydrogens (tertiary/aromatic N) is 2. The Kier molecular flexibility index (Phi) is 17.6. The van der Waals surface area contributed by atoms with Crippen molar-refractivity contribution in [2.45, 2.75) is 70.1 Å². The minimum Gasteiger partial charge on any atom is -0.496 e. The van der Waals surface area contributed by atoms with E-state index >= 15 is 0 Å². The molecular weight excluding hydrogens is 736 g/mol. The lowest BCUT2D eigenvalue weighted by atomic mass is 9.84. The number of para-hydroxylation sites is 1. The molecule has 4 unspecified atom stereocenters. The standard InChI is InChI=1S/C43H56N2O12/c1-4-35(46)30-56-41-27-44(43(47)54-21-9-10-23-57-45(48)49)26-40(55-28-31-24-33-12-5-7-14-37(33)39(25-31)51-3)42(41)32-16-18-36(19-17-32)53-22-11-20-52-29-34-13-6-8-15-38(34)50-2/h5-8,12-19,24-25,35,40-42,46,48-49H,4,9-11,20-23,26-30H2,1-3H3. The Morgan fingerprint density at radius 2 is 1.53 bits per heavy atom. The van der Waals surface area contributed by atoms with Crippen LogP contribution in [-0.4, -0.2) is 111 Å². The molecule has 310 valence electrons. The van der Waals surface area contributed by atoms with Crippen molar-refractivity contribution in [3.05, 3.63) is 102 Å². The van der Waals surface area contributed by atoms with E-state index in [1.54, 1.807) is 19.1 Å². The summed E-state index contributed by atoms with van der Waals surface area (Å²) in [7, 11) is 3.29. The molecule has 14 nitrogen and oxygen atoms in total. The van der Waals surface area contributed by atoms with E-state index in [-0.39, 0.29) is 50.8 Å². The maximum atomic E-state index is 13.5. The lowest BCUT2D eigenvalue weighted by molar-refractivity contribution is -0.492. The van der Waals surface area contributed by atoms with Gasteiger partial charge in [0, 0.05) is 23.3 Å². The number of carbonyl (C=O) groups excluding carboxylic acids is 1. The molecule has 1 heterocycles. The number of unbranched alkanes of at least 4 members (excludes halogenated alkanes) is 1. The number of likely N-dealkylation sites (tertiary alicyclic amines) is 1. The Hall–Kier alpha value is -4.51. The summed E-state index contributed by atoms with van der Waals surface area (Å²) in [6.07, 6.45) is -0.160. The van der Waals surface area contributed by atoms with Crippen molar-refractivity contribution < 1.29 is 58.3 Å². The number of hydrogen-bond acceptors (Lipinski definition) is 13. The fourth-order valence-corrected chi connectivity index (χ4v) is 6.75. The monoisotopic (exact) mass is 792 g/mol. The Labute approximate surface area is 334 Å². The number of methoxy groups -OCH3 is 2. The first-order chi connectivity index (χ1) is 27.8. The number of rotatable bonds is 23. The summed E-state index contributed by atoms with van der Waals surface area (Å²) >= 11 is 0. The van der Waals surface area contributed by atoms with Crippen molar-refractivity contribution in [3.63, 3.8) is 0 Å². The van der Waals surface area contributed by atoms with Crippen molar-refractivity contribution in [2.75, 3.05) is 60.3 Å². The highest BCUT2D eigenvalue weighted by molar-refractivity contribution is 5.89. The van der Waals surface area contributed by atoms with Crippen molar-refractivity contribution in [1.82, 2.24) is 10.3 Å². The SMILES string of the molecule is CCC(O)COC1CN(C(=O)OCCCCON(O)O)CC(OCc2cc(OC)c3ccccc3c2)C1c1ccc(OCCCOCc2ccccc2OC)cc1. The molecule has 1 aliphatic heterocycles. The predicted molar refractivity (Wildman–Crippen MR) is 211 cm³/mol. The third-order valence-electron chi connectivity index (χ3n) is 9.79. The molecule has 4 atom stereocenters. The van der Waals surface area contributed by atoms with Crippen LogP contribution in [0.1, 0.15) is 55.2 Å². The first-order valence-corrected chi connectivity index (χ1v) is 19.4. The zero-order valence-corrected chi connectivity index (χ0v) is 33.0. The van der Waals surface area contributed by atoms with Gasteiger partial charge in [-0.1, -0.05) is 61.5 Å². The van der Waals surface area contributed by atoms with Crippen molar-refractivity contribution in [3.8, 4) is 17.2 Å². The van der Waals surface area contributed by atoms with E-state index < -0.39 is 24.4 Å². The van der Waals surface area contributed by atoms with Crippen LogP contribution in [0.3, 0.4) is 0 Å². The van der Waals surface area contributed by atoms with Gasteiger partial charge in [0.05, 0.1) is 97.3 Å². The molecule has 1 aliphatic rings. The lowest BCUT2D eigenvalue weighted by Gasteiger charge is -2.43. The number of hydrogen-bond donors (Lipinski definition) is 3. The summed E-state index contributed by atoms with van der Waals surface area (Å²) in [6.45, 7) is 4.26. The second kappa shape index (κ2) is 23.0. The van der Waals surface area contributed by atoms with Gasteiger partial charge in [-0.3, -0.25) is 15.3 Å². The van der Waals surface area contributed by atoms with Crippen molar-refractivity contribution >= 4 is 16.9 Å². The van der Waals surface area contributed by atoms with E-state index in [2.05, 4.69) is 10.9 Å². The van der Waals surface area contributed by atoms with Crippen LogP contribution in [-0.2, 0) is 37.0 Å². The van der Waals surface area contributed by atoms with Crippen LogP contribution >= 0.6 is 0 Å². The first-order valence-electron chi connectivity index (χ1n) is 19.4. The van der Waals surface area contributed by atoms with Gasteiger partial charge in [-0.05, 0) is 66.1 Å². The molecule has 4 aromatic rings. The molecule has 14 heteroatoms. The van der Waals surface area contributed by atoms with E-state index in [0.717, 1.165) is 39.0 Å². The molecule has 0 spiro atoms. The molecule has 57 heavy (non-hydrogen) atoms. The highest BCUT2D eigenvalue weighted by atomic mass is 17.1. The van der Waals surface area contributed by atoms with E-state index in [1.165, 1.54) is 0 Å². The zero-order valence-electron chi connectivity index (χ0n) is 33.0. The van der Waals surface area contributed by atoms with E-state index in [4.69, 9.17) is 43.6 Å². The van der Waals surface area contributed by atoms with Crippen LogP contribution in [0.5, 0.6) is 17.2 Å². The fourth-order valence-electron chi connectivity index (χ4n) is 6.75. The Balaban J connectivity index is 1.29. The number of fused-ring (bicyclic) bond motifs is 1. The number of ether oxygens (including phenoxy) is 7. The summed E-state index contributed by atoms with van der Waals surface area (Å²) < 4.78 is 41.8. The molecule has 1 saturated heterocycles. The van der Waals surface area contributed by atoms with Gasteiger partial charge in [0.25, 0.3) is 0 Å². The van der Waals surface area contributed by atoms with Crippen LogP contribution < -0.4 is 14.2 Å². The van der Waals surface area contributed by atoms with Gasteiger partial charge in [0.1, 0.15) is 17.2 Å². The maximum absolute atomic E-state index is 13.5. The summed E-state index contributed by atoms with van der Waals surface area (Å²) in [4.78, 5) is 19.6. The number of amides is 1. The van der Waals surface area contributed by atoms with Gasteiger partial charge in [0.2, 0.25) is 0 Å². The van der Waals surface area contributed by atoms with Gasteiger partial charge >= 0.3 is 6.09 Å². The average molecular weight is 793 g/mol. The summed E-state index contributed by atoms with van der Waals surface area (Å²) in [6, 6.07) is 27.6. The number of benzene rings is 4. The topological polar surface area (TPSA) is 158 Å². The van der Waals surface area contributed by atoms with Crippen LogP contribution in [0.15, 0.2) is 84.9 Å². The van der Waals surface area contributed by atoms with Crippen LogP contribution in [0, 0.1) is 0 Å². The summed E-state index contributed by atoms with van der Waals surface area (Å²) in [5.41, 5.74) is 2.84. The number of aliphatic hydroxyl groups is 1. The molecule has 1 amide bonds. The molecule has 0 radical (unpaired) electrons. The molecule has 0 bridgehead atoms. The molecule has 4 aromatic carbocycles. The van der Waals surface area contributed by atoms with E-state index in [1.807, 2.05) is 85.8 Å². The van der Waals surface area contributed by atoms with Gasteiger partial charge in [-0.2, -0.15) is 0 Å². The second-order valence-corrected chi connectivity index (χ2v) is 13.8. The molecule has 5 rings (SSSR count). The highest BCUT2D eigenvalue weighted by Gasteiger charge is 2.42. The number of carbonyl (C=O) groups is 1. The Bertz CT molecular complexity index is 1790. The molecule has 0 saturated carbocycles. The van der Waals surface area contributed by atoms with Gasteiger partial charge in [-0.15, -0.1) is 0 Å². The van der Waals surface area contributed by atoms with Crippen molar-refractivity contribution in [1.29, 1.82) is 0 Å². The van der Waals surface area contributed by atoms with E-state index in [9.17, 15) is 9.90 Å². The summed E-state index contributed by atoms with van der Waals surface area (Å²) in [5.74, 6) is 1.94. The van der Waals surface area contributed by atoms with Crippen LogP contribution in [0.2, 0.25) is 0 Å². The van der Waals surface area contributed by atoms with E-state index in [0.29, 0.717) is 51.3 Å². The molecular formula is C43H56N2O12. The quantitative estimate of drug-likeness (QED) is 0.0526. The third-order valence-corrected chi connectivity index (χ3v) is 9.79. The lowest BCUT2D eigenvalue weighted by Crippen LogP contribution is -2.55. The highest BCUT2D eigenvalue weighted by Crippen LogP contribution is 2.36. The second-order valence-electron chi connectivity index (χ2n) is 13.8. The van der Waals surface area contributed by atoms with Gasteiger partial charge in [0.15, 0.2) is 0 Å². The predicted octanol–water partition coefficient (Wildman–Crippen LogP) is 6.91. The fraction of sp³-hybridized carbons (Fsp3) is 0.465. The molecule has 0 aliphatic carbocycles. The third kappa shape index (κ3) is 13.3. The van der Waals surface area contributed by atoms with Crippen LogP contribution in [0.4, 0.5) is 4.79 Å². The Morgan fingerprint density at radius 3 is 2.28 bits per heavy atom. The van der Waals surface area contributed by atoms with Crippen LogP contribution in [0.25, 0.3) is 10.8 Å². The minimum atomic E-state index is -0.678. The first kappa shape index (κ1) is 43.6. The zero-order chi connectivity index (χ0) is 40.4. The normalized spacial score (nSPS) is 17.5. The average Bonchev–Trinajstić information content (AvgIpc) is 3.24. The number of piperidine rings is 1. The van der Waals surface area contributed by atoms with Gasteiger partial charge < -0.3 is 43.2 Å². The smallest absolute Gasteiger partial charge is 0.409 e.